The van der Waals surface area contributed by atoms with Crippen LogP contribution in [-0.4, -0.2) is 43.5 Å². The summed E-state index contributed by atoms with van der Waals surface area (Å²) in [6.07, 6.45) is 0.939. The van der Waals surface area contributed by atoms with Gasteiger partial charge in [0.05, 0.1) is 6.54 Å². The van der Waals surface area contributed by atoms with Gasteiger partial charge in [-0.2, -0.15) is 0 Å². The van der Waals surface area contributed by atoms with Gasteiger partial charge in [-0.3, -0.25) is 0 Å². The van der Waals surface area contributed by atoms with Crippen LogP contribution in [0.1, 0.15) is 26.2 Å². The largest absolute Gasteiger partial charge is 0.407 e. The monoisotopic (exact) mass is 242 g/mol. The zero-order valence-electron chi connectivity index (χ0n) is 11.1. The first-order valence-corrected chi connectivity index (χ1v) is 5.89. The molecule has 6 nitrogen and oxygen atoms in total. The Morgan fingerprint density at radius 2 is 2.18 bits per heavy atom. The third-order valence-electron chi connectivity index (χ3n) is 2.29. The molecule has 0 aliphatic heterocycles. The number of ether oxygens (including phenoxy) is 1. The molecule has 1 aromatic heterocycles. The van der Waals surface area contributed by atoms with E-state index in [4.69, 9.17) is 9.15 Å². The highest BCUT2D eigenvalue weighted by atomic mass is 16.5. The molecule has 0 unspecified atom stereocenters. The molecule has 0 spiro atoms. The van der Waals surface area contributed by atoms with Gasteiger partial charge in [-0.25, -0.2) is 0 Å². The van der Waals surface area contributed by atoms with Crippen LogP contribution in [0.15, 0.2) is 4.42 Å². The van der Waals surface area contributed by atoms with Crippen molar-refractivity contribution < 1.29 is 9.15 Å². The lowest BCUT2D eigenvalue weighted by molar-refractivity contribution is 0.196. The average molecular weight is 242 g/mol. The van der Waals surface area contributed by atoms with Gasteiger partial charge in [0.25, 0.3) is 0 Å². The van der Waals surface area contributed by atoms with Gasteiger partial charge < -0.3 is 19.4 Å². The second-order valence-corrected chi connectivity index (χ2v) is 4.28. The summed E-state index contributed by atoms with van der Waals surface area (Å²) in [4.78, 5) is 1.94. The molecule has 0 saturated heterocycles. The van der Waals surface area contributed by atoms with Gasteiger partial charge in [0.2, 0.25) is 5.89 Å². The fourth-order valence-corrected chi connectivity index (χ4v) is 1.30. The third kappa shape index (κ3) is 5.14. The zero-order valence-corrected chi connectivity index (χ0v) is 11.1. The van der Waals surface area contributed by atoms with Gasteiger partial charge in [0.1, 0.15) is 0 Å². The molecule has 98 valence electrons. The Morgan fingerprint density at radius 1 is 1.41 bits per heavy atom. The molecule has 0 radical (unpaired) electrons. The molecule has 17 heavy (non-hydrogen) atoms. The number of hydrogen-bond acceptors (Lipinski definition) is 6. The molecule has 0 atom stereocenters. The molecule has 0 amide bonds. The van der Waals surface area contributed by atoms with Crippen LogP contribution >= 0.6 is 0 Å². The number of methoxy groups -OCH3 is 1. The van der Waals surface area contributed by atoms with Crippen LogP contribution in [0, 0.1) is 0 Å². The highest BCUT2D eigenvalue weighted by molar-refractivity contribution is 5.21. The van der Waals surface area contributed by atoms with Gasteiger partial charge in [-0.15, -0.1) is 5.10 Å². The Morgan fingerprint density at radius 3 is 2.82 bits per heavy atom. The Kier molecular flexibility index (Phi) is 5.93. The van der Waals surface area contributed by atoms with Crippen molar-refractivity contribution in [2.45, 2.75) is 32.9 Å². The molecular formula is C11H22N4O2. The number of rotatable bonds is 8. The molecule has 0 aliphatic rings. The smallest absolute Gasteiger partial charge is 0.317 e. The van der Waals surface area contributed by atoms with Gasteiger partial charge >= 0.3 is 6.01 Å². The molecular weight excluding hydrogens is 220 g/mol. The minimum atomic E-state index is 0.407. The van der Waals surface area contributed by atoms with Crippen molar-refractivity contribution >= 4 is 6.01 Å². The number of hydrogen-bond donors (Lipinski definition) is 1. The van der Waals surface area contributed by atoms with Crippen LogP contribution in [0.2, 0.25) is 0 Å². The summed E-state index contributed by atoms with van der Waals surface area (Å²) in [5.74, 6) is 0.618. The molecule has 0 saturated carbocycles. The SMILES string of the molecule is COCCCN(C)c1nnc(CNC(C)C)o1. The van der Waals surface area contributed by atoms with Crippen LogP contribution in [0.3, 0.4) is 0 Å². The highest BCUT2D eigenvalue weighted by Gasteiger charge is 2.10. The van der Waals surface area contributed by atoms with E-state index in [0.717, 1.165) is 19.6 Å². The average Bonchev–Trinajstić information content (AvgIpc) is 2.75. The van der Waals surface area contributed by atoms with Crippen LogP contribution in [0.25, 0.3) is 0 Å². The molecule has 1 heterocycles. The van der Waals surface area contributed by atoms with E-state index in [1.807, 2.05) is 11.9 Å². The van der Waals surface area contributed by atoms with Crippen molar-refractivity contribution in [3.63, 3.8) is 0 Å². The van der Waals surface area contributed by atoms with Crippen LogP contribution < -0.4 is 10.2 Å². The van der Waals surface area contributed by atoms with Crippen molar-refractivity contribution in [1.82, 2.24) is 15.5 Å². The van der Waals surface area contributed by atoms with E-state index >= 15 is 0 Å². The van der Waals surface area contributed by atoms with Gasteiger partial charge in [0, 0.05) is 33.4 Å². The van der Waals surface area contributed by atoms with Crippen molar-refractivity contribution in [2.75, 3.05) is 32.2 Å². The van der Waals surface area contributed by atoms with Gasteiger partial charge in [-0.05, 0) is 6.42 Å². The number of aromatic nitrogens is 2. The molecule has 1 aromatic rings. The van der Waals surface area contributed by atoms with Gasteiger partial charge in [-0.1, -0.05) is 18.9 Å². The molecule has 6 heteroatoms. The number of nitrogens with zero attached hydrogens (tertiary/aromatic N) is 3. The predicted octanol–water partition coefficient (Wildman–Crippen LogP) is 1.04. The summed E-state index contributed by atoms with van der Waals surface area (Å²) < 4.78 is 10.5. The maximum Gasteiger partial charge on any atom is 0.317 e. The van der Waals surface area contributed by atoms with E-state index in [9.17, 15) is 0 Å². The fourth-order valence-electron chi connectivity index (χ4n) is 1.30. The second kappa shape index (κ2) is 7.24. The van der Waals surface area contributed by atoms with E-state index in [0.29, 0.717) is 24.5 Å². The maximum absolute atomic E-state index is 5.53. The molecule has 1 N–H and O–H groups in total. The summed E-state index contributed by atoms with van der Waals surface area (Å²) in [5.41, 5.74) is 0. The van der Waals surface area contributed by atoms with Crippen molar-refractivity contribution in [1.29, 1.82) is 0 Å². The first-order chi connectivity index (χ1) is 8.13. The van der Waals surface area contributed by atoms with E-state index in [2.05, 4.69) is 29.4 Å². The Labute approximate surface area is 102 Å². The third-order valence-corrected chi connectivity index (χ3v) is 2.29. The fraction of sp³-hybridized carbons (Fsp3) is 0.818. The number of nitrogens with one attached hydrogen (secondary N) is 1. The Hall–Kier alpha value is -1.14. The standard InChI is InChI=1S/C11H22N4O2/c1-9(2)12-8-10-13-14-11(17-10)15(3)6-5-7-16-4/h9,12H,5-8H2,1-4H3. The minimum absolute atomic E-state index is 0.407. The zero-order chi connectivity index (χ0) is 12.7. The molecule has 0 bridgehead atoms. The Balaban J connectivity index is 2.38. The summed E-state index contributed by atoms with van der Waals surface area (Å²) >= 11 is 0. The Bertz CT molecular complexity index is 314. The quantitative estimate of drug-likeness (QED) is 0.687. The minimum Gasteiger partial charge on any atom is -0.407 e. The molecule has 0 aliphatic carbocycles. The first kappa shape index (κ1) is 13.9. The van der Waals surface area contributed by atoms with Crippen molar-refractivity contribution in [2.24, 2.45) is 0 Å². The van der Waals surface area contributed by atoms with Crippen molar-refractivity contribution in [3.05, 3.63) is 5.89 Å². The normalized spacial score (nSPS) is 11.1. The van der Waals surface area contributed by atoms with Crippen molar-refractivity contribution in [3.8, 4) is 0 Å². The summed E-state index contributed by atoms with van der Waals surface area (Å²) in [6.45, 7) is 6.34. The van der Waals surface area contributed by atoms with Crippen LogP contribution in [0.5, 0.6) is 0 Å². The lowest BCUT2D eigenvalue weighted by Gasteiger charge is -2.12. The summed E-state index contributed by atoms with van der Waals surface area (Å²) in [7, 11) is 3.63. The first-order valence-electron chi connectivity index (χ1n) is 5.89. The lowest BCUT2D eigenvalue weighted by Crippen LogP contribution is -2.22. The summed E-state index contributed by atoms with van der Waals surface area (Å²) in [5, 5.41) is 11.2. The topological polar surface area (TPSA) is 63.4 Å². The lowest BCUT2D eigenvalue weighted by atomic mass is 10.4. The van der Waals surface area contributed by atoms with E-state index in [-0.39, 0.29) is 0 Å². The molecule has 1 rings (SSSR count). The number of anilines is 1. The van der Waals surface area contributed by atoms with E-state index in [1.54, 1.807) is 7.11 Å². The van der Waals surface area contributed by atoms with Crippen LogP contribution in [0.4, 0.5) is 6.01 Å². The predicted molar refractivity (Wildman–Crippen MR) is 66.0 cm³/mol. The summed E-state index contributed by atoms with van der Waals surface area (Å²) in [6, 6.07) is 0.964. The molecule has 0 aromatic carbocycles. The highest BCUT2D eigenvalue weighted by Crippen LogP contribution is 2.10. The van der Waals surface area contributed by atoms with E-state index in [1.165, 1.54) is 0 Å². The van der Waals surface area contributed by atoms with Gasteiger partial charge in [0.15, 0.2) is 0 Å². The second-order valence-electron chi connectivity index (χ2n) is 4.28. The van der Waals surface area contributed by atoms with Crippen LogP contribution in [-0.2, 0) is 11.3 Å². The maximum atomic E-state index is 5.53. The van der Waals surface area contributed by atoms with E-state index < -0.39 is 0 Å². The molecule has 0 fully saturated rings.